The topological polar surface area (TPSA) is 66.5 Å². The molecule has 0 radical (unpaired) electrons. The van der Waals surface area contributed by atoms with Gasteiger partial charge in [0.15, 0.2) is 0 Å². The summed E-state index contributed by atoms with van der Waals surface area (Å²) in [6.07, 6.45) is 8.56. The zero-order valence-corrected chi connectivity index (χ0v) is 16.0. The lowest BCUT2D eigenvalue weighted by atomic mass is 9.86. The molecule has 2 aliphatic carbocycles. The Morgan fingerprint density at radius 1 is 1.12 bits per heavy atom. The molecule has 2 bridgehead atoms. The maximum atomic E-state index is 12.8. The number of hydrogen-bond donors (Lipinski definition) is 1. The molecule has 1 heterocycles. The molecule has 3 aliphatic rings. The zero-order valence-electron chi connectivity index (χ0n) is 15.2. The summed E-state index contributed by atoms with van der Waals surface area (Å²) in [5.74, 6) is 2.07. The van der Waals surface area contributed by atoms with Crippen LogP contribution in [-0.2, 0) is 14.8 Å². The number of nitrogens with zero attached hydrogens (tertiary/aromatic N) is 1. The first-order valence-electron chi connectivity index (χ1n) is 9.92. The Kier molecular flexibility index (Phi) is 5.06. The van der Waals surface area contributed by atoms with Crippen molar-refractivity contribution in [2.75, 3.05) is 18.4 Å². The molecule has 2 saturated carbocycles. The van der Waals surface area contributed by atoms with Crippen LogP contribution >= 0.6 is 0 Å². The molecule has 1 N–H and O–H groups in total. The number of carbonyl (C=O) groups is 1. The third-order valence-corrected chi connectivity index (χ3v) is 8.30. The Morgan fingerprint density at radius 3 is 2.62 bits per heavy atom. The van der Waals surface area contributed by atoms with Crippen LogP contribution in [0.1, 0.15) is 51.4 Å². The number of anilines is 1. The smallest absolute Gasteiger partial charge is 0.243 e. The minimum absolute atomic E-state index is 0.00932. The van der Waals surface area contributed by atoms with Crippen molar-refractivity contribution >= 4 is 21.6 Å². The summed E-state index contributed by atoms with van der Waals surface area (Å²) >= 11 is 0. The molecule has 4 rings (SSSR count). The molecule has 0 spiro atoms. The van der Waals surface area contributed by atoms with E-state index < -0.39 is 10.0 Å². The molecule has 1 saturated heterocycles. The average Bonchev–Trinajstić information content (AvgIpc) is 3.25. The van der Waals surface area contributed by atoms with E-state index in [1.54, 1.807) is 28.6 Å². The van der Waals surface area contributed by atoms with Crippen molar-refractivity contribution in [2.45, 2.75) is 56.3 Å². The number of sulfonamides is 1. The summed E-state index contributed by atoms with van der Waals surface area (Å²) in [4.78, 5) is 12.7. The second-order valence-corrected chi connectivity index (χ2v) is 10.1. The minimum atomic E-state index is -3.47. The van der Waals surface area contributed by atoms with Gasteiger partial charge in [-0.25, -0.2) is 8.42 Å². The number of amides is 1. The number of piperidine rings is 1. The first-order chi connectivity index (χ1) is 12.5. The van der Waals surface area contributed by atoms with E-state index in [4.69, 9.17) is 0 Å². The monoisotopic (exact) mass is 376 g/mol. The van der Waals surface area contributed by atoms with E-state index in [2.05, 4.69) is 5.32 Å². The number of nitrogens with one attached hydrogen (secondary N) is 1. The van der Waals surface area contributed by atoms with Crippen LogP contribution in [0.4, 0.5) is 5.69 Å². The highest BCUT2D eigenvalue weighted by molar-refractivity contribution is 7.89. The normalized spacial score (nSPS) is 29.0. The molecule has 0 aromatic heterocycles. The van der Waals surface area contributed by atoms with Crippen LogP contribution in [0.15, 0.2) is 29.2 Å². The van der Waals surface area contributed by atoms with Gasteiger partial charge in [0.1, 0.15) is 0 Å². The van der Waals surface area contributed by atoms with E-state index in [1.807, 2.05) is 0 Å². The fourth-order valence-electron chi connectivity index (χ4n) is 5.07. The fraction of sp³-hybridized carbons (Fsp3) is 0.650. The Hall–Kier alpha value is -1.40. The van der Waals surface area contributed by atoms with Crippen molar-refractivity contribution in [2.24, 2.45) is 17.8 Å². The summed E-state index contributed by atoms with van der Waals surface area (Å²) in [5, 5.41) is 2.92. The fourth-order valence-corrected chi connectivity index (χ4v) is 6.63. The SMILES string of the molecule is O=C(C[C@H]1C[C@H]2CC[C@@H]1C2)Nc1cccc(S(=O)(=O)N2CCCCC2)c1. The van der Waals surface area contributed by atoms with Crippen LogP contribution in [0.5, 0.6) is 0 Å². The van der Waals surface area contributed by atoms with E-state index in [9.17, 15) is 13.2 Å². The van der Waals surface area contributed by atoms with Crippen LogP contribution in [0.3, 0.4) is 0 Å². The van der Waals surface area contributed by atoms with Gasteiger partial charge in [0, 0.05) is 25.2 Å². The standard InChI is InChI=1S/C20H28N2O3S/c23-20(13-17-12-15-7-8-16(17)11-15)21-18-5-4-6-19(14-18)26(24,25)22-9-2-1-3-10-22/h4-6,14-17H,1-3,7-13H2,(H,21,23)/t15-,16+,17+/m0/s1. The Labute approximate surface area is 156 Å². The highest BCUT2D eigenvalue weighted by Gasteiger charge is 2.40. The predicted octanol–water partition coefficient (Wildman–Crippen LogP) is 3.63. The molecule has 0 unspecified atom stereocenters. The summed E-state index contributed by atoms with van der Waals surface area (Å²) in [6.45, 7) is 1.17. The van der Waals surface area contributed by atoms with Crippen molar-refractivity contribution in [3.8, 4) is 0 Å². The molecule has 3 atom stereocenters. The van der Waals surface area contributed by atoms with Crippen molar-refractivity contribution in [1.29, 1.82) is 0 Å². The van der Waals surface area contributed by atoms with Gasteiger partial charge in [0.05, 0.1) is 4.90 Å². The van der Waals surface area contributed by atoms with Crippen LogP contribution in [0.25, 0.3) is 0 Å². The van der Waals surface area contributed by atoms with Gasteiger partial charge in [-0.15, -0.1) is 0 Å². The van der Waals surface area contributed by atoms with Gasteiger partial charge in [-0.2, -0.15) is 4.31 Å². The van der Waals surface area contributed by atoms with Gasteiger partial charge in [-0.3, -0.25) is 4.79 Å². The van der Waals surface area contributed by atoms with Gasteiger partial charge in [-0.1, -0.05) is 18.9 Å². The first kappa shape index (κ1) is 18.0. The van der Waals surface area contributed by atoms with Crippen LogP contribution < -0.4 is 5.32 Å². The molecule has 3 fully saturated rings. The van der Waals surface area contributed by atoms with Crippen LogP contribution in [-0.4, -0.2) is 31.7 Å². The zero-order chi connectivity index (χ0) is 18.1. The lowest BCUT2D eigenvalue weighted by Crippen LogP contribution is -2.35. The summed E-state index contributed by atoms with van der Waals surface area (Å²) in [6, 6.07) is 6.70. The molecule has 1 aliphatic heterocycles. The Bertz CT molecular complexity index is 771. The van der Waals surface area contributed by atoms with Crippen molar-refractivity contribution < 1.29 is 13.2 Å². The van der Waals surface area contributed by atoms with Gasteiger partial charge in [-0.05, 0) is 68.1 Å². The van der Waals surface area contributed by atoms with Crippen LogP contribution in [0.2, 0.25) is 0 Å². The third kappa shape index (κ3) is 3.67. The molecular weight excluding hydrogens is 348 g/mol. The van der Waals surface area contributed by atoms with E-state index >= 15 is 0 Å². The lowest BCUT2D eigenvalue weighted by molar-refractivity contribution is -0.117. The number of hydrogen-bond acceptors (Lipinski definition) is 3. The molecule has 5 nitrogen and oxygen atoms in total. The van der Waals surface area contributed by atoms with Crippen LogP contribution in [0, 0.1) is 17.8 Å². The Balaban J connectivity index is 1.41. The largest absolute Gasteiger partial charge is 0.326 e. The quantitative estimate of drug-likeness (QED) is 0.853. The number of fused-ring (bicyclic) bond motifs is 2. The second kappa shape index (κ2) is 7.31. The molecule has 142 valence electrons. The third-order valence-electron chi connectivity index (χ3n) is 6.40. The van der Waals surface area contributed by atoms with Crippen molar-refractivity contribution in [1.82, 2.24) is 4.31 Å². The molecule has 1 aromatic carbocycles. The van der Waals surface area contributed by atoms with Gasteiger partial charge >= 0.3 is 0 Å². The van der Waals surface area contributed by atoms with E-state index in [0.717, 1.165) is 31.1 Å². The van der Waals surface area contributed by atoms with E-state index in [-0.39, 0.29) is 10.8 Å². The molecule has 26 heavy (non-hydrogen) atoms. The highest BCUT2D eigenvalue weighted by atomic mass is 32.2. The van der Waals surface area contributed by atoms with Gasteiger partial charge < -0.3 is 5.32 Å². The van der Waals surface area contributed by atoms with E-state index in [0.29, 0.717) is 31.1 Å². The van der Waals surface area contributed by atoms with Gasteiger partial charge in [0.25, 0.3) is 0 Å². The van der Waals surface area contributed by atoms with Crippen molar-refractivity contribution in [3.63, 3.8) is 0 Å². The number of rotatable bonds is 5. The highest BCUT2D eigenvalue weighted by Crippen LogP contribution is 2.49. The summed E-state index contributed by atoms with van der Waals surface area (Å²) < 4.78 is 27.2. The molecular formula is C20H28N2O3S. The number of benzene rings is 1. The molecule has 1 amide bonds. The predicted molar refractivity (Wildman–Crippen MR) is 101 cm³/mol. The maximum absolute atomic E-state index is 12.8. The Morgan fingerprint density at radius 2 is 1.92 bits per heavy atom. The first-order valence-corrected chi connectivity index (χ1v) is 11.4. The van der Waals surface area contributed by atoms with Gasteiger partial charge in [0.2, 0.25) is 15.9 Å². The molecule has 1 aromatic rings. The van der Waals surface area contributed by atoms with Crippen molar-refractivity contribution in [3.05, 3.63) is 24.3 Å². The lowest BCUT2D eigenvalue weighted by Gasteiger charge is -2.26. The summed E-state index contributed by atoms with van der Waals surface area (Å²) in [7, 11) is -3.47. The minimum Gasteiger partial charge on any atom is -0.326 e. The maximum Gasteiger partial charge on any atom is 0.243 e. The summed E-state index contributed by atoms with van der Waals surface area (Å²) in [5.41, 5.74) is 0.580. The average molecular weight is 377 g/mol. The number of carbonyl (C=O) groups excluding carboxylic acids is 1. The second-order valence-electron chi connectivity index (χ2n) is 8.18. The van der Waals surface area contributed by atoms with E-state index in [1.165, 1.54) is 25.7 Å². The molecule has 6 heteroatoms.